The van der Waals surface area contributed by atoms with Crippen molar-refractivity contribution in [3.63, 3.8) is 0 Å². The Bertz CT molecular complexity index is 500. The van der Waals surface area contributed by atoms with Crippen LogP contribution in [0.15, 0.2) is 12.3 Å². The van der Waals surface area contributed by atoms with E-state index in [9.17, 15) is 5.11 Å². The molecule has 0 aliphatic rings. The van der Waals surface area contributed by atoms with Gasteiger partial charge in [0.15, 0.2) is 0 Å². The predicted octanol–water partition coefficient (Wildman–Crippen LogP) is 0.905. The summed E-state index contributed by atoms with van der Waals surface area (Å²) in [6.07, 6.45) is 1.18. The van der Waals surface area contributed by atoms with E-state index in [1.165, 1.54) is 0 Å². The highest BCUT2D eigenvalue weighted by Crippen LogP contribution is 2.09. The summed E-state index contributed by atoms with van der Waals surface area (Å²) < 4.78 is 3.66. The maximum Gasteiger partial charge on any atom is 0.111 e. The third-order valence-electron chi connectivity index (χ3n) is 2.59. The van der Waals surface area contributed by atoms with E-state index in [0.29, 0.717) is 12.2 Å². The molecule has 0 aliphatic heterocycles. The standard InChI is InChI=1S/C11H17N5O/c1-4-16-10(5-8(2)13-16)6-15-7-11(9(3)17)12-14-15/h5,7,9,17H,4,6H2,1-3H3. The Hall–Kier alpha value is -1.69. The summed E-state index contributed by atoms with van der Waals surface area (Å²) in [5, 5.41) is 21.6. The van der Waals surface area contributed by atoms with Crippen molar-refractivity contribution in [2.45, 2.75) is 40.0 Å². The first-order chi connectivity index (χ1) is 8.10. The summed E-state index contributed by atoms with van der Waals surface area (Å²) in [7, 11) is 0. The van der Waals surface area contributed by atoms with Crippen LogP contribution in [-0.4, -0.2) is 29.9 Å². The Morgan fingerprint density at radius 1 is 1.47 bits per heavy atom. The minimum Gasteiger partial charge on any atom is -0.387 e. The second-order valence-corrected chi connectivity index (χ2v) is 4.11. The molecule has 0 saturated heterocycles. The van der Waals surface area contributed by atoms with Crippen LogP contribution in [-0.2, 0) is 13.1 Å². The molecule has 6 nitrogen and oxygen atoms in total. The molecule has 2 aromatic heterocycles. The second kappa shape index (κ2) is 4.67. The molecule has 17 heavy (non-hydrogen) atoms. The van der Waals surface area contributed by atoms with Crippen molar-refractivity contribution in [1.29, 1.82) is 0 Å². The van der Waals surface area contributed by atoms with E-state index in [1.54, 1.807) is 17.8 Å². The van der Waals surface area contributed by atoms with Crippen LogP contribution in [0.3, 0.4) is 0 Å². The first-order valence-electron chi connectivity index (χ1n) is 5.71. The molecule has 0 fully saturated rings. The third kappa shape index (κ3) is 2.52. The molecule has 92 valence electrons. The van der Waals surface area contributed by atoms with Gasteiger partial charge >= 0.3 is 0 Å². The number of aliphatic hydroxyl groups excluding tert-OH is 1. The summed E-state index contributed by atoms with van der Waals surface area (Å²) >= 11 is 0. The van der Waals surface area contributed by atoms with E-state index in [1.807, 2.05) is 17.7 Å². The fraction of sp³-hybridized carbons (Fsp3) is 0.545. The van der Waals surface area contributed by atoms with Crippen LogP contribution in [0.2, 0.25) is 0 Å². The first kappa shape index (κ1) is 11.8. The van der Waals surface area contributed by atoms with Gasteiger partial charge in [0.25, 0.3) is 0 Å². The molecule has 1 unspecified atom stereocenters. The van der Waals surface area contributed by atoms with Crippen LogP contribution < -0.4 is 0 Å². The first-order valence-corrected chi connectivity index (χ1v) is 5.71. The monoisotopic (exact) mass is 235 g/mol. The minimum absolute atomic E-state index is 0.582. The van der Waals surface area contributed by atoms with Crippen molar-refractivity contribution < 1.29 is 5.11 Å². The van der Waals surface area contributed by atoms with Gasteiger partial charge in [-0.05, 0) is 26.8 Å². The van der Waals surface area contributed by atoms with Crippen molar-refractivity contribution in [2.75, 3.05) is 0 Å². The second-order valence-electron chi connectivity index (χ2n) is 4.11. The number of aliphatic hydroxyl groups is 1. The Kier molecular flexibility index (Phi) is 3.23. The van der Waals surface area contributed by atoms with Gasteiger partial charge in [-0.25, -0.2) is 4.68 Å². The van der Waals surface area contributed by atoms with E-state index in [2.05, 4.69) is 22.3 Å². The van der Waals surface area contributed by atoms with Gasteiger partial charge in [-0.2, -0.15) is 5.10 Å². The third-order valence-corrected chi connectivity index (χ3v) is 2.59. The largest absolute Gasteiger partial charge is 0.387 e. The van der Waals surface area contributed by atoms with Gasteiger partial charge in [-0.3, -0.25) is 4.68 Å². The molecule has 1 N–H and O–H groups in total. The lowest BCUT2D eigenvalue weighted by Gasteiger charge is -2.03. The zero-order valence-electron chi connectivity index (χ0n) is 10.3. The molecule has 0 bridgehead atoms. The van der Waals surface area contributed by atoms with Gasteiger partial charge in [0.1, 0.15) is 5.69 Å². The SMILES string of the molecule is CCn1nc(C)cc1Cn1cc(C(C)O)nn1. The highest BCUT2D eigenvalue weighted by atomic mass is 16.3. The van der Waals surface area contributed by atoms with Crippen molar-refractivity contribution in [3.8, 4) is 0 Å². The number of aromatic nitrogens is 5. The van der Waals surface area contributed by atoms with Gasteiger partial charge in [0, 0.05) is 6.54 Å². The van der Waals surface area contributed by atoms with Gasteiger partial charge in [-0.15, -0.1) is 5.10 Å². The fourth-order valence-corrected chi connectivity index (χ4v) is 1.75. The van der Waals surface area contributed by atoms with E-state index in [-0.39, 0.29) is 0 Å². The van der Waals surface area contributed by atoms with E-state index < -0.39 is 6.10 Å². The highest BCUT2D eigenvalue weighted by molar-refractivity contribution is 5.09. The summed E-state index contributed by atoms with van der Waals surface area (Å²) in [6.45, 7) is 7.15. The Balaban J connectivity index is 2.19. The fourth-order valence-electron chi connectivity index (χ4n) is 1.75. The molecule has 0 spiro atoms. The maximum atomic E-state index is 9.37. The molecule has 1 atom stereocenters. The predicted molar refractivity (Wildman–Crippen MR) is 62.4 cm³/mol. The summed E-state index contributed by atoms with van der Waals surface area (Å²) in [5.74, 6) is 0. The average Bonchev–Trinajstić information content (AvgIpc) is 2.86. The average molecular weight is 235 g/mol. The summed E-state index contributed by atoms with van der Waals surface area (Å²) in [5.41, 5.74) is 2.68. The van der Waals surface area contributed by atoms with Crippen LogP contribution in [0.4, 0.5) is 0 Å². The number of nitrogens with zero attached hydrogens (tertiary/aromatic N) is 5. The Morgan fingerprint density at radius 3 is 2.82 bits per heavy atom. The highest BCUT2D eigenvalue weighted by Gasteiger charge is 2.09. The number of rotatable bonds is 4. The van der Waals surface area contributed by atoms with Crippen molar-refractivity contribution in [3.05, 3.63) is 29.3 Å². The summed E-state index contributed by atoms with van der Waals surface area (Å²) in [6, 6.07) is 2.03. The Labute approximate surface area is 99.9 Å². The molecule has 6 heteroatoms. The quantitative estimate of drug-likeness (QED) is 0.855. The zero-order chi connectivity index (χ0) is 12.4. The lowest BCUT2D eigenvalue weighted by Crippen LogP contribution is -2.08. The van der Waals surface area contributed by atoms with Crippen molar-refractivity contribution in [2.24, 2.45) is 0 Å². The molecule has 2 aromatic rings. The maximum absolute atomic E-state index is 9.37. The molecule has 0 radical (unpaired) electrons. The lowest BCUT2D eigenvalue weighted by molar-refractivity contribution is 0.194. The van der Waals surface area contributed by atoms with Crippen LogP contribution in [0.5, 0.6) is 0 Å². The van der Waals surface area contributed by atoms with Crippen LogP contribution in [0.1, 0.15) is 37.0 Å². The molecular weight excluding hydrogens is 218 g/mol. The molecule has 2 heterocycles. The molecule has 0 amide bonds. The summed E-state index contributed by atoms with van der Waals surface area (Å²) in [4.78, 5) is 0. The van der Waals surface area contributed by atoms with E-state index in [4.69, 9.17) is 0 Å². The van der Waals surface area contributed by atoms with Crippen molar-refractivity contribution in [1.82, 2.24) is 24.8 Å². The molecule has 0 saturated carbocycles. The van der Waals surface area contributed by atoms with Gasteiger partial charge < -0.3 is 5.11 Å². The lowest BCUT2D eigenvalue weighted by atomic mass is 10.3. The molecular formula is C11H17N5O. The van der Waals surface area contributed by atoms with Gasteiger partial charge in [0.05, 0.1) is 30.2 Å². The number of aryl methyl sites for hydroxylation is 2. The smallest absolute Gasteiger partial charge is 0.111 e. The van der Waals surface area contributed by atoms with E-state index >= 15 is 0 Å². The molecule has 2 rings (SSSR count). The normalized spacial score (nSPS) is 12.9. The van der Waals surface area contributed by atoms with Crippen molar-refractivity contribution >= 4 is 0 Å². The topological polar surface area (TPSA) is 68.8 Å². The van der Waals surface area contributed by atoms with Crippen LogP contribution in [0.25, 0.3) is 0 Å². The molecule has 0 aliphatic carbocycles. The molecule has 0 aromatic carbocycles. The minimum atomic E-state index is -0.582. The van der Waals surface area contributed by atoms with Gasteiger partial charge in [-0.1, -0.05) is 5.21 Å². The zero-order valence-corrected chi connectivity index (χ0v) is 10.3. The Morgan fingerprint density at radius 2 is 2.24 bits per heavy atom. The van der Waals surface area contributed by atoms with Crippen LogP contribution in [0, 0.1) is 6.92 Å². The van der Waals surface area contributed by atoms with Crippen LogP contribution >= 0.6 is 0 Å². The number of hydrogen-bond acceptors (Lipinski definition) is 4. The van der Waals surface area contributed by atoms with Gasteiger partial charge in [0.2, 0.25) is 0 Å². The van der Waals surface area contributed by atoms with E-state index in [0.717, 1.165) is 17.9 Å². The number of hydrogen-bond donors (Lipinski definition) is 1.